The summed E-state index contributed by atoms with van der Waals surface area (Å²) < 4.78 is 39.6. The molecule has 7 nitrogen and oxygen atoms in total. The maximum atomic E-state index is 14.3. The summed E-state index contributed by atoms with van der Waals surface area (Å²) in [6, 6.07) is 6.23. The number of hydrogen-bond donors (Lipinski definition) is 2. The fourth-order valence-electron chi connectivity index (χ4n) is 3.45. The van der Waals surface area contributed by atoms with Crippen molar-refractivity contribution in [3.8, 4) is 22.9 Å². The zero-order chi connectivity index (χ0) is 20.7. The number of carbonyl (C=O) groups is 1. The third-order valence-corrected chi connectivity index (χ3v) is 4.85. The number of rotatable bonds is 4. The van der Waals surface area contributed by atoms with Crippen molar-refractivity contribution in [3.05, 3.63) is 59.6 Å². The number of phenolic OH excluding ortho intramolecular Hbond substituents is 1. The van der Waals surface area contributed by atoms with Gasteiger partial charge < -0.3 is 19.9 Å². The van der Waals surface area contributed by atoms with Crippen LogP contribution in [0.4, 0.5) is 14.6 Å². The second-order valence-corrected chi connectivity index (χ2v) is 6.52. The Bertz CT molecular complexity index is 1090. The Morgan fingerprint density at radius 3 is 2.52 bits per heavy atom. The van der Waals surface area contributed by atoms with E-state index in [9.17, 15) is 18.7 Å². The Kier molecular flexibility index (Phi) is 4.57. The van der Waals surface area contributed by atoms with E-state index in [4.69, 9.17) is 9.47 Å². The quantitative estimate of drug-likeness (QED) is 0.700. The number of amides is 1. The van der Waals surface area contributed by atoms with E-state index in [2.05, 4.69) is 10.3 Å². The molecule has 1 atom stereocenters. The maximum absolute atomic E-state index is 14.3. The lowest BCUT2D eigenvalue weighted by atomic mass is 9.89. The molecule has 0 unspecified atom stereocenters. The zero-order valence-corrected chi connectivity index (χ0v) is 15.6. The lowest BCUT2D eigenvalue weighted by Crippen LogP contribution is -2.25. The Balaban J connectivity index is 1.86. The van der Waals surface area contributed by atoms with Crippen LogP contribution in [0.5, 0.6) is 17.2 Å². The van der Waals surface area contributed by atoms with Crippen molar-refractivity contribution in [1.29, 1.82) is 0 Å². The summed E-state index contributed by atoms with van der Waals surface area (Å²) in [5.41, 5.74) is 1.03. The number of nitrogens with one attached hydrogen (secondary N) is 1. The molecule has 0 saturated heterocycles. The third kappa shape index (κ3) is 3.14. The number of halogens is 2. The number of anilines is 1. The van der Waals surface area contributed by atoms with Crippen LogP contribution in [-0.2, 0) is 4.79 Å². The normalized spacial score (nSPS) is 15.6. The summed E-state index contributed by atoms with van der Waals surface area (Å²) in [5.74, 6) is -1.63. The first-order chi connectivity index (χ1) is 13.9. The highest BCUT2D eigenvalue weighted by Crippen LogP contribution is 2.44. The molecule has 0 fully saturated rings. The fourth-order valence-corrected chi connectivity index (χ4v) is 3.45. The number of nitrogens with zero attached hydrogens (tertiary/aromatic N) is 2. The lowest BCUT2D eigenvalue weighted by Gasteiger charge is -2.24. The average Bonchev–Trinajstić information content (AvgIpc) is 3.13. The van der Waals surface area contributed by atoms with Crippen LogP contribution in [0.15, 0.2) is 36.7 Å². The summed E-state index contributed by atoms with van der Waals surface area (Å²) in [4.78, 5) is 16.7. The van der Waals surface area contributed by atoms with Gasteiger partial charge in [-0.2, -0.15) is 0 Å². The number of aromatic nitrogens is 2. The van der Waals surface area contributed by atoms with Crippen LogP contribution in [-0.4, -0.2) is 34.8 Å². The van der Waals surface area contributed by atoms with Gasteiger partial charge in [0.15, 0.2) is 11.5 Å². The average molecular weight is 401 g/mol. The molecule has 2 heterocycles. The van der Waals surface area contributed by atoms with Gasteiger partial charge in [-0.1, -0.05) is 0 Å². The van der Waals surface area contributed by atoms with Crippen molar-refractivity contribution in [3.63, 3.8) is 0 Å². The lowest BCUT2D eigenvalue weighted by molar-refractivity contribution is -0.116. The Labute approximate surface area is 164 Å². The largest absolute Gasteiger partial charge is 0.502 e. The monoisotopic (exact) mass is 401 g/mol. The van der Waals surface area contributed by atoms with E-state index in [-0.39, 0.29) is 41.1 Å². The van der Waals surface area contributed by atoms with Crippen LogP contribution in [0.2, 0.25) is 0 Å². The molecular weight excluding hydrogens is 384 g/mol. The highest BCUT2D eigenvalue weighted by atomic mass is 19.1. The number of ether oxygens (including phenoxy) is 2. The maximum Gasteiger partial charge on any atom is 0.226 e. The van der Waals surface area contributed by atoms with Crippen molar-refractivity contribution in [2.75, 3.05) is 19.5 Å². The molecule has 2 N–H and O–H groups in total. The molecule has 0 saturated carbocycles. The molecule has 1 aliphatic rings. The molecule has 150 valence electrons. The fraction of sp³-hybridized carbons (Fsp3) is 0.200. The highest BCUT2D eigenvalue weighted by Gasteiger charge is 2.32. The first kappa shape index (κ1) is 18.7. The Hall–Kier alpha value is -3.62. The van der Waals surface area contributed by atoms with Crippen molar-refractivity contribution in [1.82, 2.24) is 9.55 Å². The van der Waals surface area contributed by atoms with E-state index in [0.29, 0.717) is 11.3 Å². The molecule has 9 heteroatoms. The second kappa shape index (κ2) is 7.08. The number of aromatic hydroxyl groups is 1. The van der Waals surface area contributed by atoms with Crippen LogP contribution in [0, 0.1) is 11.6 Å². The predicted octanol–water partition coefficient (Wildman–Crippen LogP) is 3.35. The van der Waals surface area contributed by atoms with E-state index in [1.54, 1.807) is 12.1 Å². The second-order valence-electron chi connectivity index (χ2n) is 6.52. The molecule has 29 heavy (non-hydrogen) atoms. The topological polar surface area (TPSA) is 85.6 Å². The van der Waals surface area contributed by atoms with Gasteiger partial charge in [0.05, 0.1) is 25.6 Å². The number of hydrogen-bond acceptors (Lipinski definition) is 5. The minimum atomic E-state index is -0.657. The molecule has 3 aromatic rings. The van der Waals surface area contributed by atoms with Crippen molar-refractivity contribution >= 4 is 11.7 Å². The van der Waals surface area contributed by atoms with Gasteiger partial charge in [0, 0.05) is 18.4 Å². The van der Waals surface area contributed by atoms with Crippen molar-refractivity contribution in [2.45, 2.75) is 12.3 Å². The first-order valence-electron chi connectivity index (χ1n) is 8.70. The molecule has 4 rings (SSSR count). The van der Waals surface area contributed by atoms with Gasteiger partial charge >= 0.3 is 0 Å². The number of phenols is 1. The molecular formula is C20H17F2N3O4. The SMILES string of the molecule is COc1cc([C@H]2CC(=O)Nc3c2ncn3-c2cc(F)ccc2F)cc(OC)c1O. The van der Waals surface area contributed by atoms with Gasteiger partial charge in [0.2, 0.25) is 11.7 Å². The summed E-state index contributed by atoms with van der Waals surface area (Å²) in [6.07, 6.45) is 1.41. The first-order valence-corrected chi connectivity index (χ1v) is 8.70. The van der Waals surface area contributed by atoms with Gasteiger partial charge in [0.1, 0.15) is 23.8 Å². The molecule has 0 radical (unpaired) electrons. The molecule has 1 aliphatic heterocycles. The van der Waals surface area contributed by atoms with Crippen LogP contribution < -0.4 is 14.8 Å². The highest BCUT2D eigenvalue weighted by molar-refractivity contribution is 5.94. The number of imidazole rings is 1. The summed E-state index contributed by atoms with van der Waals surface area (Å²) in [5, 5.41) is 12.8. The number of carbonyl (C=O) groups excluding carboxylic acids is 1. The van der Waals surface area contributed by atoms with E-state index in [1.807, 2.05) is 0 Å². The van der Waals surface area contributed by atoms with Gasteiger partial charge in [-0.25, -0.2) is 13.8 Å². The standard InChI is InChI=1S/C20H17F2N3O4/c1-28-15-5-10(6-16(29-2)19(15)27)12-8-17(26)24-20-18(12)23-9-25(20)14-7-11(21)3-4-13(14)22/h3-7,9,12,27H,8H2,1-2H3,(H,24,26)/t12-/m1/s1. The Morgan fingerprint density at radius 1 is 1.17 bits per heavy atom. The Morgan fingerprint density at radius 2 is 1.86 bits per heavy atom. The zero-order valence-electron chi connectivity index (χ0n) is 15.6. The van der Waals surface area contributed by atoms with Gasteiger partial charge in [-0.05, 0) is 29.8 Å². The molecule has 0 bridgehead atoms. The van der Waals surface area contributed by atoms with Gasteiger partial charge in [0.25, 0.3) is 0 Å². The van der Waals surface area contributed by atoms with Gasteiger partial charge in [-0.3, -0.25) is 9.36 Å². The van der Waals surface area contributed by atoms with Crippen molar-refractivity contribution in [2.24, 2.45) is 0 Å². The summed E-state index contributed by atoms with van der Waals surface area (Å²) in [7, 11) is 2.80. The van der Waals surface area contributed by atoms with Crippen LogP contribution in [0.1, 0.15) is 23.6 Å². The molecule has 0 aliphatic carbocycles. The summed E-state index contributed by atoms with van der Waals surface area (Å²) in [6.45, 7) is 0. The van der Waals surface area contributed by atoms with E-state index >= 15 is 0 Å². The molecule has 1 aromatic heterocycles. The van der Waals surface area contributed by atoms with Crippen LogP contribution in [0.25, 0.3) is 5.69 Å². The van der Waals surface area contributed by atoms with Crippen LogP contribution in [0.3, 0.4) is 0 Å². The van der Waals surface area contributed by atoms with E-state index in [1.165, 1.54) is 25.1 Å². The number of fused-ring (bicyclic) bond motifs is 1. The molecule has 0 spiro atoms. The molecule has 2 aromatic carbocycles. The smallest absolute Gasteiger partial charge is 0.226 e. The minimum Gasteiger partial charge on any atom is -0.502 e. The van der Waals surface area contributed by atoms with Crippen LogP contribution >= 0.6 is 0 Å². The third-order valence-electron chi connectivity index (χ3n) is 4.85. The predicted molar refractivity (Wildman–Crippen MR) is 99.8 cm³/mol. The van der Waals surface area contributed by atoms with Crippen molar-refractivity contribution < 1.29 is 28.2 Å². The minimum absolute atomic E-state index is 0.0689. The molecule has 1 amide bonds. The van der Waals surface area contributed by atoms with E-state index in [0.717, 1.165) is 18.2 Å². The van der Waals surface area contributed by atoms with Gasteiger partial charge in [-0.15, -0.1) is 0 Å². The number of methoxy groups -OCH3 is 2. The number of benzene rings is 2. The van der Waals surface area contributed by atoms with E-state index < -0.39 is 17.6 Å². The summed E-state index contributed by atoms with van der Waals surface area (Å²) >= 11 is 0.